The summed E-state index contributed by atoms with van der Waals surface area (Å²) in [7, 11) is -9.90. The number of carbonyl (C=O) groups excluding carboxylic acids is 4. The lowest BCUT2D eigenvalue weighted by Gasteiger charge is -2.21. The van der Waals surface area contributed by atoms with Crippen LogP contribution < -0.4 is 0 Å². The average molecular weight is 1340 g/mol. The van der Waals surface area contributed by atoms with Crippen molar-refractivity contribution in [3.63, 3.8) is 0 Å². The fourth-order valence-corrected chi connectivity index (χ4v) is 12.5. The van der Waals surface area contributed by atoms with E-state index in [2.05, 4.69) is 41.5 Å². The zero-order valence-electron chi connectivity index (χ0n) is 59.1. The van der Waals surface area contributed by atoms with E-state index < -0.39 is 97.5 Å². The van der Waals surface area contributed by atoms with Crippen molar-refractivity contribution in [3.8, 4) is 0 Å². The van der Waals surface area contributed by atoms with Crippen molar-refractivity contribution in [1.82, 2.24) is 0 Å². The molecule has 91 heavy (non-hydrogen) atoms. The van der Waals surface area contributed by atoms with Gasteiger partial charge in [0.15, 0.2) is 12.2 Å². The van der Waals surface area contributed by atoms with E-state index in [1.165, 1.54) is 173 Å². The number of carbonyl (C=O) groups is 4. The second-order valence-corrected chi connectivity index (χ2v) is 29.6. The molecule has 0 aromatic heterocycles. The normalized spacial score (nSPS) is 14.4. The van der Waals surface area contributed by atoms with Crippen molar-refractivity contribution in [2.24, 2.45) is 11.8 Å². The summed E-state index contributed by atoms with van der Waals surface area (Å²) in [5.41, 5.74) is 0. The van der Waals surface area contributed by atoms with Crippen molar-refractivity contribution in [1.29, 1.82) is 0 Å². The topological polar surface area (TPSA) is 237 Å². The van der Waals surface area contributed by atoms with Gasteiger partial charge in [0.1, 0.15) is 19.3 Å². The van der Waals surface area contributed by atoms with Crippen molar-refractivity contribution >= 4 is 39.5 Å². The zero-order chi connectivity index (χ0) is 67.2. The highest BCUT2D eigenvalue weighted by Crippen LogP contribution is 2.45. The highest BCUT2D eigenvalue weighted by molar-refractivity contribution is 7.47. The highest BCUT2D eigenvalue weighted by Gasteiger charge is 2.30. The Balaban J connectivity index is 5.18. The van der Waals surface area contributed by atoms with Crippen LogP contribution in [0.3, 0.4) is 0 Å². The van der Waals surface area contributed by atoms with Crippen molar-refractivity contribution in [3.05, 3.63) is 0 Å². The molecule has 0 heterocycles. The van der Waals surface area contributed by atoms with Gasteiger partial charge in [-0.2, -0.15) is 0 Å². The summed E-state index contributed by atoms with van der Waals surface area (Å²) in [4.78, 5) is 72.5. The van der Waals surface area contributed by atoms with Crippen LogP contribution in [0.1, 0.15) is 369 Å². The lowest BCUT2D eigenvalue weighted by molar-refractivity contribution is -0.161. The summed E-state index contributed by atoms with van der Waals surface area (Å²) in [5, 5.41) is 10.6. The molecule has 3 unspecified atom stereocenters. The minimum atomic E-state index is -4.95. The van der Waals surface area contributed by atoms with E-state index in [-0.39, 0.29) is 25.7 Å². The molecule has 0 spiro atoms. The lowest BCUT2D eigenvalue weighted by atomic mass is 10.00. The molecular weight excluding hydrogens is 1200 g/mol. The Hall–Kier alpha value is -1.94. The number of esters is 4. The Kier molecular flexibility index (Phi) is 62.7. The van der Waals surface area contributed by atoms with Crippen LogP contribution in [0, 0.1) is 11.8 Å². The Morgan fingerprint density at radius 1 is 0.319 bits per heavy atom. The summed E-state index contributed by atoms with van der Waals surface area (Å²) in [6.07, 6.45) is 50.2. The van der Waals surface area contributed by atoms with Crippen LogP contribution in [-0.4, -0.2) is 96.7 Å². The van der Waals surface area contributed by atoms with Gasteiger partial charge in [-0.3, -0.25) is 37.3 Å². The number of unbranched alkanes of at least 4 members (excludes halogenated alkanes) is 40. The molecule has 19 heteroatoms. The number of phosphoric acid groups is 2. The van der Waals surface area contributed by atoms with Gasteiger partial charge in [-0.15, -0.1) is 0 Å². The van der Waals surface area contributed by atoms with E-state index in [1.54, 1.807) is 0 Å². The molecular formula is C72H140O17P2. The first kappa shape index (κ1) is 89.1. The van der Waals surface area contributed by atoms with Gasteiger partial charge in [-0.05, 0) is 37.5 Å². The first-order chi connectivity index (χ1) is 43.9. The Labute approximate surface area is 556 Å². The molecule has 6 atom stereocenters. The van der Waals surface area contributed by atoms with Crippen LogP contribution in [0.2, 0.25) is 0 Å². The molecule has 0 aromatic carbocycles. The first-order valence-electron chi connectivity index (χ1n) is 37.5. The molecule has 0 bridgehead atoms. The first-order valence-corrected chi connectivity index (χ1v) is 40.5. The van der Waals surface area contributed by atoms with Gasteiger partial charge >= 0.3 is 39.5 Å². The van der Waals surface area contributed by atoms with Crippen LogP contribution in [0.25, 0.3) is 0 Å². The number of hydrogen-bond donors (Lipinski definition) is 3. The number of phosphoric ester groups is 2. The zero-order valence-corrected chi connectivity index (χ0v) is 60.9. The van der Waals surface area contributed by atoms with Gasteiger partial charge in [0, 0.05) is 25.7 Å². The molecule has 0 fully saturated rings. The molecule has 3 N–H and O–H groups in total. The third-order valence-corrected chi connectivity index (χ3v) is 19.0. The summed E-state index contributed by atoms with van der Waals surface area (Å²) >= 11 is 0. The molecule has 0 saturated carbocycles. The number of aliphatic hydroxyl groups is 1. The molecule has 0 aliphatic carbocycles. The van der Waals surface area contributed by atoms with Crippen molar-refractivity contribution < 1.29 is 80.2 Å². The van der Waals surface area contributed by atoms with Gasteiger partial charge in [0.25, 0.3) is 0 Å². The van der Waals surface area contributed by atoms with Crippen LogP contribution in [0.5, 0.6) is 0 Å². The molecule has 17 nitrogen and oxygen atoms in total. The maximum Gasteiger partial charge on any atom is 0.472 e. The fraction of sp³-hybridized carbons (Fsp3) is 0.944. The molecule has 0 amide bonds. The molecule has 0 radical (unpaired) electrons. The van der Waals surface area contributed by atoms with E-state index >= 15 is 0 Å². The maximum absolute atomic E-state index is 13.0. The molecule has 0 aromatic rings. The molecule has 0 aliphatic rings. The van der Waals surface area contributed by atoms with Crippen molar-refractivity contribution in [2.45, 2.75) is 387 Å². The predicted octanol–water partition coefficient (Wildman–Crippen LogP) is 20.8. The third-order valence-electron chi connectivity index (χ3n) is 17.1. The molecule has 540 valence electrons. The molecule has 0 rings (SSSR count). The van der Waals surface area contributed by atoms with Gasteiger partial charge < -0.3 is 33.8 Å². The SMILES string of the molecule is CCCCCCCCCCCCCCCCCC(=O)OC[C@H](COP(=O)(O)OC[C@@H](O)COP(=O)(O)OC[C@@H](COC(=O)CCCCCCCCC)OC(=O)CCCCCCCCC(C)CC)OC(=O)CCCCCCCCCCCCCCCCCCC(C)C. The van der Waals surface area contributed by atoms with Gasteiger partial charge in [0.05, 0.1) is 26.4 Å². The predicted molar refractivity (Wildman–Crippen MR) is 368 cm³/mol. The van der Waals surface area contributed by atoms with Gasteiger partial charge in [-0.1, -0.05) is 318 Å². The third kappa shape index (κ3) is 65.1. The number of hydrogen-bond acceptors (Lipinski definition) is 15. The quantitative estimate of drug-likeness (QED) is 0.0222. The van der Waals surface area contributed by atoms with Crippen LogP contribution in [0.15, 0.2) is 0 Å². The minimum Gasteiger partial charge on any atom is -0.462 e. The van der Waals surface area contributed by atoms with E-state index in [0.717, 1.165) is 115 Å². The summed E-state index contributed by atoms with van der Waals surface area (Å²) in [5.74, 6) is -0.598. The number of rotatable bonds is 71. The largest absolute Gasteiger partial charge is 0.472 e. The second-order valence-electron chi connectivity index (χ2n) is 26.7. The van der Waals surface area contributed by atoms with Crippen LogP contribution in [-0.2, 0) is 65.4 Å². The Bertz CT molecular complexity index is 1770. The summed E-state index contributed by atoms with van der Waals surface area (Å²) < 4.78 is 68.2. The Morgan fingerprint density at radius 3 is 0.835 bits per heavy atom. The highest BCUT2D eigenvalue weighted by atomic mass is 31.2. The van der Waals surface area contributed by atoms with E-state index in [0.29, 0.717) is 25.7 Å². The van der Waals surface area contributed by atoms with Gasteiger partial charge in [-0.25, -0.2) is 9.13 Å². The number of aliphatic hydroxyl groups excluding tert-OH is 1. The standard InChI is InChI=1S/C72H140O17P2/c1-7-10-12-14-16-17-18-19-22-26-29-32-36-43-49-55-70(75)83-61-67(88-71(76)56-50-44-37-33-30-27-24-21-20-23-25-28-31-35-40-46-52-64(4)5)62-86-90(78,79)84-58-66(73)59-85-91(80,81)87-63-68(60-82-69(74)54-48-42-34-15-13-11-8-2)89-72(77)57-51-45-39-38-41-47-53-65(6)9-3/h64-68,73H,7-63H2,1-6H3,(H,78,79)(H,80,81)/t65?,66-,67-,68-/m1/s1. The molecule has 0 aliphatic heterocycles. The van der Waals surface area contributed by atoms with E-state index in [9.17, 15) is 43.2 Å². The van der Waals surface area contributed by atoms with E-state index in [4.69, 9.17) is 37.0 Å². The number of ether oxygens (including phenoxy) is 4. The lowest BCUT2D eigenvalue weighted by Crippen LogP contribution is -2.30. The Morgan fingerprint density at radius 2 is 0.560 bits per heavy atom. The minimum absolute atomic E-state index is 0.103. The maximum atomic E-state index is 13.0. The molecule has 0 saturated heterocycles. The average Bonchev–Trinajstić information content (AvgIpc) is 3.61. The van der Waals surface area contributed by atoms with Gasteiger partial charge in [0.2, 0.25) is 0 Å². The van der Waals surface area contributed by atoms with Crippen molar-refractivity contribution in [2.75, 3.05) is 39.6 Å². The van der Waals surface area contributed by atoms with Crippen LogP contribution >= 0.6 is 15.6 Å². The smallest absolute Gasteiger partial charge is 0.462 e. The second kappa shape index (κ2) is 64.1. The van der Waals surface area contributed by atoms with E-state index in [1.807, 2.05) is 0 Å². The summed E-state index contributed by atoms with van der Waals surface area (Å²) in [6, 6.07) is 0. The van der Waals surface area contributed by atoms with Crippen LogP contribution in [0.4, 0.5) is 0 Å². The monoisotopic (exact) mass is 1340 g/mol. The fourth-order valence-electron chi connectivity index (χ4n) is 10.9. The summed E-state index contributed by atoms with van der Waals surface area (Å²) in [6.45, 7) is 9.50.